The minimum Gasteiger partial charge on any atom is -1.00 e. The van der Waals surface area contributed by atoms with Crippen molar-refractivity contribution in [1.29, 1.82) is 0 Å². The van der Waals surface area contributed by atoms with Crippen molar-refractivity contribution < 1.29 is 90.0 Å². The average molecular weight is 1130 g/mol. The van der Waals surface area contributed by atoms with Gasteiger partial charge in [-0.15, -0.1) is 11.8 Å². The summed E-state index contributed by atoms with van der Waals surface area (Å²) in [5.41, 5.74) is 0. The highest BCUT2D eigenvalue weighted by Gasteiger charge is 2.26. The molecule has 414 valence electrons. The van der Waals surface area contributed by atoms with E-state index in [1.807, 2.05) is 32.1 Å². The lowest BCUT2D eigenvalue weighted by Gasteiger charge is -2.29. The van der Waals surface area contributed by atoms with Gasteiger partial charge < -0.3 is 40.8 Å². The normalized spacial score (nSPS) is 10.8. The molecule has 1 unspecified atom stereocenters. The molecule has 0 saturated heterocycles. The maximum Gasteiger partial charge on any atom is 0.762 e. The number of Topliss-reactive ketones (excluding diaryl/α,β-unsaturated/α-hetero) is 5. The molecule has 0 saturated carbocycles. The number of halogens is 9. The van der Waals surface area contributed by atoms with Gasteiger partial charge in [-0.2, -0.15) is 0 Å². The number of carbonyl (C=O) groups excluding carboxylic acids is 5. The molecule has 0 bridgehead atoms. The minimum absolute atomic E-state index is 0. The number of rotatable bonds is 27. The highest BCUT2D eigenvalue weighted by Crippen LogP contribution is 2.40. The Labute approximate surface area is 444 Å². The van der Waals surface area contributed by atoms with E-state index in [-0.39, 0.29) is 60.1 Å². The Balaban J connectivity index is -0.000000451. The fourth-order valence-corrected chi connectivity index (χ4v) is 8.31. The van der Waals surface area contributed by atoms with E-state index in [9.17, 15) is 49.9 Å². The van der Waals surface area contributed by atoms with Crippen LogP contribution < -0.4 is 40.1 Å². The van der Waals surface area contributed by atoms with Crippen LogP contribution in [0.3, 0.4) is 0 Å². The lowest BCUT2D eigenvalue weighted by Crippen LogP contribution is -3.00. The Morgan fingerprint density at radius 1 is 0.507 bits per heavy atom. The van der Waals surface area contributed by atoms with Crippen LogP contribution in [0.15, 0.2) is 72.4 Å². The van der Waals surface area contributed by atoms with E-state index < -0.39 is 15.1 Å². The van der Waals surface area contributed by atoms with Crippen molar-refractivity contribution in [3.05, 3.63) is 85.0 Å². The Hall–Kier alpha value is -4.40. The summed E-state index contributed by atoms with van der Waals surface area (Å²) in [5.74, 6) is 4.67. The summed E-state index contributed by atoms with van der Waals surface area (Å²) in [6.07, 6.45) is 25.4. The van der Waals surface area contributed by atoms with Crippen molar-refractivity contribution in [1.82, 2.24) is 13.7 Å². The van der Waals surface area contributed by atoms with Crippen LogP contribution >= 0.6 is 11.8 Å². The summed E-state index contributed by atoms with van der Waals surface area (Å²) in [6, 6.07) is 10.6. The van der Waals surface area contributed by atoms with Gasteiger partial charge in [0.05, 0.1) is 40.8 Å². The number of aromatic nitrogens is 6. The zero-order chi connectivity index (χ0) is 53.2. The molecule has 0 aliphatic carbocycles. The van der Waals surface area contributed by atoms with E-state index >= 15 is 0 Å². The van der Waals surface area contributed by atoms with Crippen LogP contribution in [0, 0.1) is 20.8 Å². The van der Waals surface area contributed by atoms with Gasteiger partial charge in [-0.1, -0.05) is 25.1 Å². The first kappa shape index (κ1) is 75.1. The molecule has 23 heteroatoms. The van der Waals surface area contributed by atoms with Crippen LogP contribution in [-0.2, 0) is 64.7 Å². The molecule has 11 nitrogen and oxygen atoms in total. The lowest BCUT2D eigenvalue weighted by molar-refractivity contribution is -0.677. The predicted octanol–water partition coefficient (Wildman–Crippen LogP) is 1.33. The standard InChI is InChI=1S/C21H31N2OS.C15H25N2O2.C14H23N2O2.2BF3.BrH.2FH/c1-18(24)12-14-21(3,25-20-10-6-5-7-11-20)13-8-9-15-23-17-16-22(4)19(23)2;1-13(18)8-9-15(19)7-5-4-6-10-17-12-11-16(3)14(17)2;1-12(17)7-8-14(18)6-4-5-9-16-11-10-15(3)13(16)2;2*2-1(3)4;;;/h5-7,10-11,16-17H,8-9,12-15H2,1-4H3;11-12H,4-10H2,1-3H3;10-11H,4-9H2,1-3H3;;;3*1H/q3*+1;;;;;/p-3. The quantitative estimate of drug-likeness (QED) is 0.0294. The number of hydrogen-bond acceptors (Lipinski definition) is 6. The molecule has 0 aliphatic heterocycles. The molecule has 0 aliphatic rings. The third-order valence-electron chi connectivity index (χ3n) is 11.6. The molecule has 3 aromatic heterocycles. The highest BCUT2D eigenvalue weighted by molar-refractivity contribution is 8.00. The van der Waals surface area contributed by atoms with Crippen LogP contribution in [0.25, 0.3) is 0 Å². The molecule has 0 radical (unpaired) electrons. The number of benzene rings is 1. The Bertz CT molecular complexity index is 2120. The molecule has 1 atom stereocenters. The van der Waals surface area contributed by atoms with E-state index in [2.05, 4.69) is 123 Å². The summed E-state index contributed by atoms with van der Waals surface area (Å²) in [4.78, 5) is 57.2. The number of aryl methyl sites for hydroxylation is 6. The van der Waals surface area contributed by atoms with Crippen LogP contribution in [0.1, 0.15) is 148 Å². The fraction of sp³-hybridized carbons (Fsp3) is 0.600. The molecular formula is C50H79B2BrF8N6O5S. The van der Waals surface area contributed by atoms with Gasteiger partial charge in [-0.3, -0.25) is 35.5 Å². The topological polar surface area (TPSA) is 112 Å². The maximum absolute atomic E-state index is 11.5. The number of carbonyl (C=O) groups is 5. The monoisotopic (exact) mass is 1130 g/mol. The molecule has 4 rings (SSSR count). The molecule has 3 heterocycles. The van der Waals surface area contributed by atoms with Crippen molar-refractivity contribution in [2.24, 2.45) is 21.1 Å². The third-order valence-corrected chi connectivity index (χ3v) is 13.0. The third kappa shape index (κ3) is 38.8. The van der Waals surface area contributed by atoms with Crippen LogP contribution in [0.2, 0.25) is 0 Å². The average Bonchev–Trinajstić information content (AvgIpc) is 3.91. The van der Waals surface area contributed by atoms with Gasteiger partial charge in [0.25, 0.3) is 17.5 Å². The highest BCUT2D eigenvalue weighted by atomic mass is 79.9. The van der Waals surface area contributed by atoms with Crippen molar-refractivity contribution in [2.45, 2.75) is 180 Å². The van der Waals surface area contributed by atoms with Gasteiger partial charge >= 0.3 is 15.1 Å². The fourth-order valence-electron chi connectivity index (χ4n) is 6.99. The zero-order valence-electron chi connectivity index (χ0n) is 44.5. The van der Waals surface area contributed by atoms with Gasteiger partial charge in [0.2, 0.25) is 0 Å². The second-order valence-electron chi connectivity index (χ2n) is 17.7. The predicted molar refractivity (Wildman–Crippen MR) is 266 cm³/mol. The molecule has 0 spiro atoms. The number of imidazole rings is 3. The van der Waals surface area contributed by atoms with E-state index in [4.69, 9.17) is 0 Å². The van der Waals surface area contributed by atoms with Crippen molar-refractivity contribution >= 4 is 55.8 Å². The Kier molecular flexibility index (Phi) is 44.1. The second-order valence-corrected chi connectivity index (χ2v) is 19.4. The number of hydrogen-bond donors (Lipinski definition) is 0. The molecule has 4 aromatic rings. The Morgan fingerprint density at radius 3 is 1.16 bits per heavy atom. The number of unbranched alkanes of at least 4 members (excludes halogenated alkanes) is 4. The molecule has 73 heavy (non-hydrogen) atoms. The largest absolute Gasteiger partial charge is 1.00 e. The van der Waals surface area contributed by atoms with Crippen LogP contribution in [0.4, 0.5) is 25.9 Å². The molecule has 0 N–H and O–H groups in total. The molecular weight excluding hydrogens is 1050 g/mol. The SMILES string of the molecule is CC(=O)CCC(=O)CCCCCn1cc[n+](C)c1C.CC(=O)CCC(=O)CCCCn1cc[n+](C)c1C.CC(=O)CCC(C)(CCCCn1cc[n+](C)c1C)Sc1ccccc1.FB(F)F.FB(F)F.[Br-].[F-].[F-]. The van der Waals surface area contributed by atoms with Crippen LogP contribution in [-0.4, -0.2) is 62.5 Å². The van der Waals surface area contributed by atoms with E-state index in [1.165, 1.54) is 49.1 Å². The van der Waals surface area contributed by atoms with E-state index in [0.29, 0.717) is 44.9 Å². The van der Waals surface area contributed by atoms with Crippen molar-refractivity contribution in [3.8, 4) is 0 Å². The van der Waals surface area contributed by atoms with Gasteiger partial charge in [0.15, 0.2) is 0 Å². The number of thioether (sulfide) groups is 1. The van der Waals surface area contributed by atoms with Crippen molar-refractivity contribution in [2.75, 3.05) is 0 Å². The molecule has 0 fully saturated rings. The lowest BCUT2D eigenvalue weighted by atomic mass is 9.96. The zero-order valence-corrected chi connectivity index (χ0v) is 46.9. The number of ketones is 5. The Morgan fingerprint density at radius 2 is 0.836 bits per heavy atom. The van der Waals surface area contributed by atoms with Gasteiger partial charge in [-0.25, -0.2) is 27.4 Å². The first-order valence-corrected chi connectivity index (χ1v) is 24.8. The van der Waals surface area contributed by atoms with Gasteiger partial charge in [-0.05, 0) is 90.7 Å². The first-order chi connectivity index (χ1) is 32.9. The first-order valence-electron chi connectivity index (χ1n) is 24.0. The second kappa shape index (κ2) is 42.9. The summed E-state index contributed by atoms with van der Waals surface area (Å²) < 4.78 is 71.2. The van der Waals surface area contributed by atoms with Crippen molar-refractivity contribution in [3.63, 3.8) is 0 Å². The smallest absolute Gasteiger partial charge is 0.762 e. The van der Waals surface area contributed by atoms with E-state index in [0.717, 1.165) is 64.6 Å². The summed E-state index contributed by atoms with van der Waals surface area (Å²) in [5, 5.41) is 0. The summed E-state index contributed by atoms with van der Waals surface area (Å²) in [6.45, 7) is 16.4. The summed E-state index contributed by atoms with van der Waals surface area (Å²) >= 11 is 1.92. The number of nitrogens with zero attached hydrogens (tertiary/aromatic N) is 6. The maximum atomic E-state index is 11.5. The molecule has 1 aromatic carbocycles. The minimum atomic E-state index is -3.67. The molecule has 0 amide bonds. The van der Waals surface area contributed by atoms with Crippen LogP contribution in [0.5, 0.6) is 0 Å². The van der Waals surface area contributed by atoms with Gasteiger partial charge in [0.1, 0.15) is 66.1 Å². The van der Waals surface area contributed by atoms with Gasteiger partial charge in [0, 0.05) is 75.4 Å². The summed E-state index contributed by atoms with van der Waals surface area (Å²) in [7, 11) is -1.18. The van der Waals surface area contributed by atoms with E-state index in [1.54, 1.807) is 6.92 Å².